The van der Waals surface area contributed by atoms with Crippen LogP contribution in [0.15, 0.2) is 12.1 Å². The SMILES string of the molecule is CC(C)N(Cc1cc2c(cc1N)OCCO2)CC1CC1. The molecule has 0 spiro atoms. The monoisotopic (exact) mass is 276 g/mol. The second-order valence-electron chi connectivity index (χ2n) is 6.16. The van der Waals surface area contributed by atoms with Crippen LogP contribution >= 0.6 is 0 Å². The predicted octanol–water partition coefficient (Wildman–Crippen LogP) is 2.66. The van der Waals surface area contributed by atoms with E-state index >= 15 is 0 Å². The van der Waals surface area contributed by atoms with E-state index in [0.717, 1.165) is 35.2 Å². The van der Waals surface area contributed by atoms with Gasteiger partial charge in [-0.2, -0.15) is 0 Å². The van der Waals surface area contributed by atoms with Crippen LogP contribution in [0, 0.1) is 5.92 Å². The lowest BCUT2D eigenvalue weighted by atomic mass is 10.1. The number of hydrogen-bond donors (Lipinski definition) is 1. The van der Waals surface area contributed by atoms with Crippen LogP contribution in [0.2, 0.25) is 0 Å². The summed E-state index contributed by atoms with van der Waals surface area (Å²) in [4.78, 5) is 2.50. The summed E-state index contributed by atoms with van der Waals surface area (Å²) in [5.74, 6) is 2.49. The summed E-state index contributed by atoms with van der Waals surface area (Å²) >= 11 is 0. The van der Waals surface area contributed by atoms with Crippen LogP contribution < -0.4 is 15.2 Å². The third-order valence-corrected chi connectivity index (χ3v) is 4.10. The van der Waals surface area contributed by atoms with E-state index in [9.17, 15) is 0 Å². The van der Waals surface area contributed by atoms with Crippen LogP contribution in [0.1, 0.15) is 32.3 Å². The molecule has 1 aliphatic heterocycles. The summed E-state index contributed by atoms with van der Waals surface area (Å²) < 4.78 is 11.2. The third kappa shape index (κ3) is 3.01. The van der Waals surface area contributed by atoms with Crippen LogP contribution in [0.4, 0.5) is 5.69 Å². The normalized spacial score (nSPS) is 17.8. The largest absolute Gasteiger partial charge is 0.486 e. The molecule has 110 valence electrons. The minimum Gasteiger partial charge on any atom is -0.486 e. The Morgan fingerprint density at radius 2 is 1.85 bits per heavy atom. The van der Waals surface area contributed by atoms with Gasteiger partial charge in [0.15, 0.2) is 11.5 Å². The molecule has 1 heterocycles. The minimum absolute atomic E-state index is 0.531. The van der Waals surface area contributed by atoms with E-state index in [1.54, 1.807) is 0 Å². The fourth-order valence-electron chi connectivity index (χ4n) is 2.59. The van der Waals surface area contributed by atoms with Crippen molar-refractivity contribution in [2.75, 3.05) is 25.5 Å². The second kappa shape index (κ2) is 5.52. The first-order valence-corrected chi connectivity index (χ1v) is 7.55. The van der Waals surface area contributed by atoms with Crippen LogP contribution in [-0.4, -0.2) is 30.7 Å². The van der Waals surface area contributed by atoms with Crippen molar-refractivity contribution in [2.45, 2.75) is 39.3 Å². The molecule has 1 aromatic rings. The molecule has 3 rings (SSSR count). The average molecular weight is 276 g/mol. The summed E-state index contributed by atoms with van der Waals surface area (Å²) in [6.07, 6.45) is 2.75. The van der Waals surface area contributed by atoms with Crippen LogP contribution in [0.25, 0.3) is 0 Å². The van der Waals surface area contributed by atoms with Gasteiger partial charge < -0.3 is 15.2 Å². The maximum atomic E-state index is 6.18. The Hall–Kier alpha value is -1.42. The maximum Gasteiger partial charge on any atom is 0.163 e. The zero-order chi connectivity index (χ0) is 14.1. The van der Waals surface area contributed by atoms with Crippen molar-refractivity contribution in [2.24, 2.45) is 5.92 Å². The number of benzene rings is 1. The standard InChI is InChI=1S/C16H24N2O2/c1-11(2)18(9-12-3-4-12)10-13-7-15-16(8-14(13)17)20-6-5-19-15/h7-8,11-12H,3-6,9-10,17H2,1-2H3. The van der Waals surface area contributed by atoms with Crippen molar-refractivity contribution in [3.05, 3.63) is 17.7 Å². The van der Waals surface area contributed by atoms with Crippen molar-refractivity contribution in [1.29, 1.82) is 0 Å². The lowest BCUT2D eigenvalue weighted by molar-refractivity contribution is 0.170. The van der Waals surface area contributed by atoms with E-state index in [0.29, 0.717) is 19.3 Å². The molecule has 1 aliphatic carbocycles. The summed E-state index contributed by atoms with van der Waals surface area (Å²) in [5, 5.41) is 0. The van der Waals surface area contributed by atoms with Crippen molar-refractivity contribution >= 4 is 5.69 Å². The Bertz CT molecular complexity index is 484. The molecule has 2 aliphatic rings. The molecule has 4 nitrogen and oxygen atoms in total. The maximum absolute atomic E-state index is 6.18. The van der Waals surface area contributed by atoms with Gasteiger partial charge in [0.05, 0.1) is 0 Å². The molecule has 4 heteroatoms. The number of ether oxygens (including phenoxy) is 2. The number of nitrogen functional groups attached to an aromatic ring is 1. The second-order valence-corrected chi connectivity index (χ2v) is 6.16. The fraction of sp³-hybridized carbons (Fsp3) is 0.625. The molecule has 0 atom stereocenters. The highest BCUT2D eigenvalue weighted by Crippen LogP contribution is 2.36. The summed E-state index contributed by atoms with van der Waals surface area (Å²) in [5.41, 5.74) is 8.12. The average Bonchev–Trinajstić information content (AvgIpc) is 3.22. The van der Waals surface area contributed by atoms with Gasteiger partial charge in [0.1, 0.15) is 13.2 Å². The molecule has 1 aromatic carbocycles. The molecule has 0 bridgehead atoms. The zero-order valence-corrected chi connectivity index (χ0v) is 12.4. The van der Waals surface area contributed by atoms with E-state index in [2.05, 4.69) is 18.7 Å². The molecule has 2 N–H and O–H groups in total. The number of rotatable bonds is 5. The third-order valence-electron chi connectivity index (χ3n) is 4.10. The van der Waals surface area contributed by atoms with Crippen molar-refractivity contribution in [3.8, 4) is 11.5 Å². The van der Waals surface area contributed by atoms with Crippen LogP contribution in [-0.2, 0) is 6.54 Å². The number of anilines is 1. The van der Waals surface area contributed by atoms with Crippen molar-refractivity contribution in [1.82, 2.24) is 4.90 Å². The Labute approximate surface area is 120 Å². The Balaban J connectivity index is 1.77. The van der Waals surface area contributed by atoms with E-state index in [4.69, 9.17) is 15.2 Å². The van der Waals surface area contributed by atoms with Crippen molar-refractivity contribution < 1.29 is 9.47 Å². The Morgan fingerprint density at radius 1 is 1.20 bits per heavy atom. The van der Waals surface area contributed by atoms with Gasteiger partial charge in [-0.15, -0.1) is 0 Å². The van der Waals surface area contributed by atoms with Gasteiger partial charge in [0.2, 0.25) is 0 Å². The lowest BCUT2D eigenvalue weighted by Crippen LogP contribution is -2.32. The number of nitrogens with zero attached hydrogens (tertiary/aromatic N) is 1. The molecule has 0 aromatic heterocycles. The lowest BCUT2D eigenvalue weighted by Gasteiger charge is -2.28. The first-order chi connectivity index (χ1) is 9.63. The van der Waals surface area contributed by atoms with Gasteiger partial charge in [-0.1, -0.05) is 0 Å². The van der Waals surface area contributed by atoms with Crippen molar-refractivity contribution in [3.63, 3.8) is 0 Å². The van der Waals surface area contributed by atoms with E-state index in [-0.39, 0.29) is 0 Å². The number of fused-ring (bicyclic) bond motifs is 1. The van der Waals surface area contributed by atoms with Gasteiger partial charge in [0, 0.05) is 30.9 Å². The first kappa shape index (κ1) is 13.6. The van der Waals surface area contributed by atoms with E-state index < -0.39 is 0 Å². The number of nitrogens with two attached hydrogens (primary N) is 1. The summed E-state index contributed by atoms with van der Waals surface area (Å²) in [6.45, 7) is 7.77. The minimum atomic E-state index is 0.531. The molecule has 0 radical (unpaired) electrons. The van der Waals surface area contributed by atoms with E-state index in [1.807, 2.05) is 12.1 Å². The van der Waals surface area contributed by atoms with Gasteiger partial charge in [-0.3, -0.25) is 4.90 Å². The van der Waals surface area contributed by atoms with Gasteiger partial charge >= 0.3 is 0 Å². The highest BCUT2D eigenvalue weighted by Gasteiger charge is 2.26. The highest BCUT2D eigenvalue weighted by molar-refractivity contribution is 5.58. The summed E-state index contributed by atoms with van der Waals surface area (Å²) in [6, 6.07) is 4.48. The van der Waals surface area contributed by atoms with Crippen LogP contribution in [0.5, 0.6) is 11.5 Å². The zero-order valence-electron chi connectivity index (χ0n) is 12.4. The molecule has 0 unspecified atom stereocenters. The first-order valence-electron chi connectivity index (χ1n) is 7.55. The molecular formula is C16H24N2O2. The van der Waals surface area contributed by atoms with Gasteiger partial charge in [-0.05, 0) is 44.2 Å². The Kier molecular flexibility index (Phi) is 3.74. The highest BCUT2D eigenvalue weighted by atomic mass is 16.6. The summed E-state index contributed by atoms with van der Waals surface area (Å²) in [7, 11) is 0. The molecule has 1 fully saturated rings. The van der Waals surface area contributed by atoms with Gasteiger partial charge in [0.25, 0.3) is 0 Å². The smallest absolute Gasteiger partial charge is 0.163 e. The number of hydrogen-bond acceptors (Lipinski definition) is 4. The predicted molar refractivity (Wildman–Crippen MR) is 80.1 cm³/mol. The van der Waals surface area contributed by atoms with Gasteiger partial charge in [-0.25, -0.2) is 0 Å². The van der Waals surface area contributed by atoms with E-state index in [1.165, 1.54) is 19.4 Å². The topological polar surface area (TPSA) is 47.7 Å². The van der Waals surface area contributed by atoms with Crippen LogP contribution in [0.3, 0.4) is 0 Å². The molecular weight excluding hydrogens is 252 g/mol. The Morgan fingerprint density at radius 3 is 2.45 bits per heavy atom. The quantitative estimate of drug-likeness (QED) is 0.840. The molecule has 0 amide bonds. The fourth-order valence-corrected chi connectivity index (χ4v) is 2.59. The molecule has 0 saturated heterocycles. The molecule has 20 heavy (non-hydrogen) atoms. The molecule has 1 saturated carbocycles.